The molecule has 7 nitrogen and oxygen atoms in total. The average Bonchev–Trinajstić information content (AvgIpc) is 2.17. The van der Waals surface area contributed by atoms with Crippen molar-refractivity contribution in [3.63, 3.8) is 0 Å². The van der Waals surface area contributed by atoms with Crippen LogP contribution in [-0.4, -0.2) is 19.4 Å². The van der Waals surface area contributed by atoms with Gasteiger partial charge in [0.05, 0.1) is 9.82 Å². The molecule has 0 fully saturated rings. The lowest BCUT2D eigenvalue weighted by molar-refractivity contribution is -0.385. The number of nitro groups is 1. The zero-order valence-corrected chi connectivity index (χ0v) is 8.89. The molecule has 0 aliphatic rings. The fourth-order valence-corrected chi connectivity index (χ4v) is 1.75. The van der Waals surface area contributed by atoms with E-state index in [0.717, 1.165) is 18.2 Å². The van der Waals surface area contributed by atoms with E-state index in [1.54, 1.807) is 0 Å². The number of sulfonamides is 1. The van der Waals surface area contributed by atoms with Crippen LogP contribution in [0.2, 0.25) is 0 Å². The van der Waals surface area contributed by atoms with Gasteiger partial charge in [0, 0.05) is 11.6 Å². The zero-order valence-electron chi connectivity index (χ0n) is 8.08. The number of hydrogen-bond donors (Lipinski definition) is 0. The number of nitrogens with zero attached hydrogens (tertiary/aromatic N) is 2. The SMILES string of the molecule is Cc1ccc(S(=O)(=O)N=C=O)cc1[N+](=O)[O-]. The van der Waals surface area contributed by atoms with E-state index in [4.69, 9.17) is 0 Å². The summed E-state index contributed by atoms with van der Waals surface area (Å²) in [7, 11) is -4.19. The molecule has 8 heteroatoms. The number of nitro benzene ring substituents is 1. The Labute approximate surface area is 90.6 Å². The molecule has 0 N–H and O–H groups in total. The number of aryl methyl sites for hydroxylation is 1. The monoisotopic (exact) mass is 242 g/mol. The van der Waals surface area contributed by atoms with Crippen molar-refractivity contribution in [2.24, 2.45) is 4.40 Å². The second-order valence-corrected chi connectivity index (χ2v) is 4.47. The molecular formula is C8H6N2O5S. The Balaban J connectivity index is 3.45. The first-order valence-corrected chi connectivity index (χ1v) is 5.41. The van der Waals surface area contributed by atoms with Gasteiger partial charge in [-0.25, -0.2) is 4.79 Å². The Hall–Kier alpha value is -2.05. The van der Waals surface area contributed by atoms with Crippen LogP contribution in [0.1, 0.15) is 5.56 Å². The maximum Gasteiger partial charge on any atom is 0.292 e. The van der Waals surface area contributed by atoms with E-state index < -0.39 is 19.8 Å². The van der Waals surface area contributed by atoms with Crippen LogP contribution in [0.25, 0.3) is 0 Å². The highest BCUT2D eigenvalue weighted by Crippen LogP contribution is 2.22. The van der Waals surface area contributed by atoms with Crippen molar-refractivity contribution in [2.45, 2.75) is 11.8 Å². The van der Waals surface area contributed by atoms with Gasteiger partial charge in [0.2, 0.25) is 0 Å². The van der Waals surface area contributed by atoms with Gasteiger partial charge < -0.3 is 0 Å². The second kappa shape index (κ2) is 4.21. The van der Waals surface area contributed by atoms with Crippen molar-refractivity contribution in [1.29, 1.82) is 0 Å². The summed E-state index contributed by atoms with van der Waals surface area (Å²) in [5.74, 6) is 0. The predicted molar refractivity (Wildman–Crippen MR) is 53.1 cm³/mol. The van der Waals surface area contributed by atoms with E-state index in [1.165, 1.54) is 13.0 Å². The molecule has 0 aliphatic carbocycles. The number of hydrogen-bond acceptors (Lipinski definition) is 5. The maximum absolute atomic E-state index is 11.3. The first-order valence-electron chi connectivity index (χ1n) is 3.97. The highest BCUT2D eigenvalue weighted by atomic mass is 32.2. The van der Waals surface area contributed by atoms with Crippen molar-refractivity contribution in [2.75, 3.05) is 0 Å². The molecule has 0 unspecified atom stereocenters. The highest BCUT2D eigenvalue weighted by molar-refractivity contribution is 7.90. The van der Waals surface area contributed by atoms with Gasteiger partial charge in [0.1, 0.15) is 0 Å². The van der Waals surface area contributed by atoms with Crippen LogP contribution in [0.15, 0.2) is 27.5 Å². The van der Waals surface area contributed by atoms with Gasteiger partial charge in [-0.1, -0.05) is 10.5 Å². The number of isocyanates is 1. The van der Waals surface area contributed by atoms with E-state index in [2.05, 4.69) is 4.40 Å². The Bertz CT molecular complexity index is 586. The Morgan fingerprint density at radius 2 is 2.06 bits per heavy atom. The lowest BCUT2D eigenvalue weighted by Crippen LogP contribution is -1.99. The largest absolute Gasteiger partial charge is 0.292 e. The Morgan fingerprint density at radius 3 is 2.56 bits per heavy atom. The van der Waals surface area contributed by atoms with Gasteiger partial charge in [0.15, 0.2) is 0 Å². The molecule has 84 valence electrons. The molecule has 0 aliphatic heterocycles. The zero-order chi connectivity index (χ0) is 12.3. The van der Waals surface area contributed by atoms with Gasteiger partial charge in [-0.05, 0) is 13.0 Å². The van der Waals surface area contributed by atoms with E-state index in [-0.39, 0.29) is 5.69 Å². The normalized spacial score (nSPS) is 10.6. The van der Waals surface area contributed by atoms with Crippen LogP contribution in [0.5, 0.6) is 0 Å². The molecule has 0 heterocycles. The standard InChI is InChI=1S/C8H6N2O5S/c1-6-2-3-7(4-8(6)10(12)13)16(14,15)9-5-11/h2-4H,1H3. The van der Waals surface area contributed by atoms with Crippen LogP contribution in [0, 0.1) is 17.0 Å². The molecule has 0 saturated heterocycles. The van der Waals surface area contributed by atoms with Crippen LogP contribution < -0.4 is 0 Å². The molecular weight excluding hydrogens is 236 g/mol. The third-order valence-electron chi connectivity index (χ3n) is 1.83. The van der Waals surface area contributed by atoms with Crippen LogP contribution in [0.4, 0.5) is 5.69 Å². The number of carbonyl (C=O) groups excluding carboxylic acids is 1. The van der Waals surface area contributed by atoms with Gasteiger partial charge in [-0.2, -0.15) is 8.42 Å². The quantitative estimate of drug-likeness (QED) is 0.339. The molecule has 0 spiro atoms. The van der Waals surface area contributed by atoms with E-state index >= 15 is 0 Å². The smallest absolute Gasteiger partial charge is 0.258 e. The minimum absolute atomic E-state index is 0.319. The third-order valence-corrected chi connectivity index (χ3v) is 3.00. The summed E-state index contributed by atoms with van der Waals surface area (Å²) in [5, 5.41) is 10.6. The number of benzene rings is 1. The maximum atomic E-state index is 11.3. The predicted octanol–water partition coefficient (Wildman–Crippen LogP) is 0.928. The van der Waals surface area contributed by atoms with Crippen LogP contribution in [0.3, 0.4) is 0 Å². The summed E-state index contributed by atoms with van der Waals surface area (Å²) >= 11 is 0. The van der Waals surface area contributed by atoms with Crippen LogP contribution >= 0.6 is 0 Å². The van der Waals surface area contributed by atoms with Crippen molar-refractivity contribution < 1.29 is 18.1 Å². The minimum atomic E-state index is -4.19. The molecule has 0 bridgehead atoms. The fraction of sp³-hybridized carbons (Fsp3) is 0.125. The molecule has 1 rings (SSSR count). The third kappa shape index (κ3) is 2.30. The van der Waals surface area contributed by atoms with E-state index in [0.29, 0.717) is 5.56 Å². The van der Waals surface area contributed by atoms with E-state index in [9.17, 15) is 23.3 Å². The first kappa shape index (κ1) is 12.0. The average molecular weight is 242 g/mol. The summed E-state index contributed by atoms with van der Waals surface area (Å²) in [4.78, 5) is 19.3. The van der Waals surface area contributed by atoms with Gasteiger partial charge in [-0.15, -0.1) is 0 Å². The molecule has 0 saturated carbocycles. The lowest BCUT2D eigenvalue weighted by Gasteiger charge is -1.99. The summed E-state index contributed by atoms with van der Waals surface area (Å²) in [6, 6.07) is 3.26. The molecule has 0 amide bonds. The van der Waals surface area contributed by atoms with Crippen LogP contribution in [-0.2, 0) is 14.8 Å². The minimum Gasteiger partial charge on any atom is -0.258 e. The Kier molecular flexibility index (Phi) is 3.17. The molecule has 0 atom stereocenters. The highest BCUT2D eigenvalue weighted by Gasteiger charge is 2.18. The second-order valence-electron chi connectivity index (χ2n) is 2.86. The van der Waals surface area contributed by atoms with Crippen molar-refractivity contribution in [1.82, 2.24) is 0 Å². The first-order chi connectivity index (χ1) is 7.38. The molecule has 1 aromatic carbocycles. The van der Waals surface area contributed by atoms with Gasteiger partial charge in [-0.3, -0.25) is 10.1 Å². The van der Waals surface area contributed by atoms with Crippen molar-refractivity contribution in [3.8, 4) is 0 Å². The summed E-state index contributed by atoms with van der Waals surface area (Å²) < 4.78 is 25.1. The molecule has 0 radical (unpaired) electrons. The van der Waals surface area contributed by atoms with Gasteiger partial charge in [0.25, 0.3) is 21.8 Å². The molecule has 0 aromatic heterocycles. The summed E-state index contributed by atoms with van der Waals surface area (Å²) in [6.07, 6.45) is 0.887. The number of rotatable bonds is 3. The fourth-order valence-electron chi connectivity index (χ4n) is 1.05. The summed E-state index contributed by atoms with van der Waals surface area (Å²) in [6.45, 7) is 1.47. The van der Waals surface area contributed by atoms with Gasteiger partial charge >= 0.3 is 0 Å². The Morgan fingerprint density at radius 1 is 1.44 bits per heavy atom. The van der Waals surface area contributed by atoms with E-state index in [1.807, 2.05) is 0 Å². The van der Waals surface area contributed by atoms with Crippen molar-refractivity contribution in [3.05, 3.63) is 33.9 Å². The molecule has 16 heavy (non-hydrogen) atoms. The topological polar surface area (TPSA) is 107 Å². The molecule has 1 aromatic rings. The summed E-state index contributed by atoms with van der Waals surface area (Å²) in [5.41, 5.74) is -0.0267. The van der Waals surface area contributed by atoms with Crippen molar-refractivity contribution >= 4 is 21.8 Å². The lowest BCUT2D eigenvalue weighted by atomic mass is 10.2.